The van der Waals surface area contributed by atoms with E-state index >= 15 is 0 Å². The lowest BCUT2D eigenvalue weighted by Gasteiger charge is -2.17. The second kappa shape index (κ2) is 9.68. The van der Waals surface area contributed by atoms with E-state index in [-0.39, 0.29) is 16.3 Å². The Morgan fingerprint density at radius 1 is 1.23 bits per heavy atom. The lowest BCUT2D eigenvalue weighted by atomic mass is 10.2. The Bertz CT molecular complexity index is 1040. The number of rotatable bonds is 8. The molecular weight excluding hydrogens is 410 g/mol. The maximum absolute atomic E-state index is 12.5. The second-order valence-corrected chi connectivity index (χ2v) is 8.74. The van der Waals surface area contributed by atoms with Crippen molar-refractivity contribution >= 4 is 27.6 Å². The first-order valence-corrected chi connectivity index (χ1v) is 10.6. The van der Waals surface area contributed by atoms with Gasteiger partial charge in [-0.05, 0) is 50.6 Å². The fraction of sp³-hybridized carbons (Fsp3) is 0.350. The van der Waals surface area contributed by atoms with Crippen LogP contribution in [-0.4, -0.2) is 56.4 Å². The minimum atomic E-state index is -3.66. The van der Waals surface area contributed by atoms with Crippen molar-refractivity contribution in [1.82, 2.24) is 9.29 Å². The number of aromatic nitrogens is 1. The predicted octanol–water partition coefficient (Wildman–Crippen LogP) is 2.22. The summed E-state index contributed by atoms with van der Waals surface area (Å²) in [6.45, 7) is 5.22. The highest BCUT2D eigenvalue weighted by molar-refractivity contribution is 7.89. The number of hydrogen-bond acceptors (Lipinski definition) is 7. The number of hydrogen-bond donors (Lipinski definition) is 1. The average molecular weight is 436 g/mol. The number of ether oxygens (including phenoxy) is 2. The van der Waals surface area contributed by atoms with Crippen molar-refractivity contribution in [3.8, 4) is 5.88 Å². The van der Waals surface area contributed by atoms with E-state index < -0.39 is 28.0 Å². The van der Waals surface area contributed by atoms with E-state index in [4.69, 9.17) is 9.47 Å². The van der Waals surface area contributed by atoms with Gasteiger partial charge in [0.1, 0.15) is 5.56 Å². The highest BCUT2D eigenvalue weighted by Gasteiger charge is 2.23. The molecule has 0 bridgehead atoms. The Morgan fingerprint density at radius 2 is 1.93 bits per heavy atom. The number of aryl methyl sites for hydroxylation is 1. The van der Waals surface area contributed by atoms with Crippen LogP contribution in [0.5, 0.6) is 5.88 Å². The van der Waals surface area contributed by atoms with Gasteiger partial charge in [0.05, 0.1) is 11.5 Å². The van der Waals surface area contributed by atoms with Crippen molar-refractivity contribution < 1.29 is 27.5 Å². The SMILES string of the molecule is CCOc1ncccc1C(=O)OC(C)C(=O)Nc1cc(S(=O)(=O)N(C)C)ccc1C. The summed E-state index contributed by atoms with van der Waals surface area (Å²) in [6, 6.07) is 7.47. The summed E-state index contributed by atoms with van der Waals surface area (Å²) in [5.41, 5.74) is 1.07. The molecule has 2 aromatic rings. The molecule has 1 aromatic heterocycles. The molecule has 0 saturated carbocycles. The zero-order valence-corrected chi connectivity index (χ0v) is 18.3. The molecular formula is C20H25N3O6S. The van der Waals surface area contributed by atoms with E-state index in [9.17, 15) is 18.0 Å². The highest BCUT2D eigenvalue weighted by atomic mass is 32.2. The Balaban J connectivity index is 2.16. The molecule has 0 aliphatic rings. The van der Waals surface area contributed by atoms with E-state index in [1.54, 1.807) is 26.0 Å². The molecule has 2 rings (SSSR count). The summed E-state index contributed by atoms with van der Waals surface area (Å²) in [7, 11) is -0.821. The third-order valence-corrected chi connectivity index (χ3v) is 5.98. The molecule has 0 aliphatic carbocycles. The van der Waals surface area contributed by atoms with Crippen LogP contribution < -0.4 is 10.1 Å². The van der Waals surface area contributed by atoms with Crippen molar-refractivity contribution in [3.63, 3.8) is 0 Å². The molecule has 1 heterocycles. The van der Waals surface area contributed by atoms with Crippen LogP contribution >= 0.6 is 0 Å². The maximum Gasteiger partial charge on any atom is 0.344 e. The lowest BCUT2D eigenvalue weighted by molar-refractivity contribution is -0.123. The first-order valence-electron chi connectivity index (χ1n) is 9.20. The molecule has 1 atom stereocenters. The van der Waals surface area contributed by atoms with Crippen molar-refractivity contribution in [3.05, 3.63) is 47.7 Å². The van der Waals surface area contributed by atoms with Gasteiger partial charge in [-0.3, -0.25) is 4.79 Å². The van der Waals surface area contributed by atoms with Gasteiger partial charge < -0.3 is 14.8 Å². The molecule has 1 unspecified atom stereocenters. The summed E-state index contributed by atoms with van der Waals surface area (Å²) in [5, 5.41) is 2.61. The molecule has 162 valence electrons. The molecule has 0 spiro atoms. The number of pyridine rings is 1. The number of benzene rings is 1. The number of carbonyl (C=O) groups excluding carboxylic acids is 2. The zero-order valence-electron chi connectivity index (χ0n) is 17.5. The summed E-state index contributed by atoms with van der Waals surface area (Å²) in [4.78, 5) is 29.0. The van der Waals surface area contributed by atoms with Gasteiger partial charge in [0.25, 0.3) is 5.91 Å². The Labute approximate surface area is 176 Å². The first-order chi connectivity index (χ1) is 14.1. The lowest BCUT2D eigenvalue weighted by Crippen LogP contribution is -2.30. The van der Waals surface area contributed by atoms with Gasteiger partial charge in [-0.15, -0.1) is 0 Å². The monoisotopic (exact) mass is 435 g/mol. The molecule has 0 saturated heterocycles. The van der Waals surface area contributed by atoms with Gasteiger partial charge in [-0.2, -0.15) is 0 Å². The highest BCUT2D eigenvalue weighted by Crippen LogP contribution is 2.23. The molecule has 1 aromatic carbocycles. The predicted molar refractivity (Wildman–Crippen MR) is 111 cm³/mol. The summed E-state index contributed by atoms with van der Waals surface area (Å²) >= 11 is 0. The maximum atomic E-state index is 12.5. The molecule has 0 aliphatic heterocycles. The number of carbonyl (C=O) groups is 2. The van der Waals surface area contributed by atoms with Gasteiger partial charge >= 0.3 is 5.97 Å². The quantitative estimate of drug-likeness (QED) is 0.632. The largest absolute Gasteiger partial charge is 0.477 e. The third kappa shape index (κ3) is 5.33. The normalized spacial score (nSPS) is 12.3. The van der Waals surface area contributed by atoms with Crippen molar-refractivity contribution in [2.24, 2.45) is 0 Å². The fourth-order valence-electron chi connectivity index (χ4n) is 2.42. The topological polar surface area (TPSA) is 115 Å². The molecule has 0 radical (unpaired) electrons. The van der Waals surface area contributed by atoms with Crippen molar-refractivity contribution in [1.29, 1.82) is 0 Å². The smallest absolute Gasteiger partial charge is 0.344 e. The average Bonchev–Trinajstić information content (AvgIpc) is 2.69. The summed E-state index contributed by atoms with van der Waals surface area (Å²) < 4.78 is 36.3. The number of nitrogens with one attached hydrogen (secondary N) is 1. The summed E-state index contributed by atoms with van der Waals surface area (Å²) in [5.74, 6) is -1.24. The van der Waals surface area contributed by atoms with E-state index in [2.05, 4.69) is 10.3 Å². The fourth-order valence-corrected chi connectivity index (χ4v) is 3.35. The van der Waals surface area contributed by atoms with E-state index in [0.717, 1.165) is 4.31 Å². The van der Waals surface area contributed by atoms with Crippen LogP contribution in [-0.2, 0) is 19.6 Å². The summed E-state index contributed by atoms with van der Waals surface area (Å²) in [6.07, 6.45) is 0.343. The number of nitrogens with zero attached hydrogens (tertiary/aromatic N) is 2. The van der Waals surface area contributed by atoms with Crippen LogP contribution in [0, 0.1) is 6.92 Å². The third-order valence-electron chi connectivity index (χ3n) is 4.17. The Morgan fingerprint density at radius 3 is 2.57 bits per heavy atom. The number of sulfonamides is 1. The molecule has 10 heteroatoms. The van der Waals surface area contributed by atoms with Crippen LogP contribution in [0.2, 0.25) is 0 Å². The minimum Gasteiger partial charge on any atom is -0.477 e. The molecule has 0 fully saturated rings. The Hall–Kier alpha value is -2.98. The van der Waals surface area contributed by atoms with Crippen LogP contribution in [0.3, 0.4) is 0 Å². The van der Waals surface area contributed by atoms with Crippen LogP contribution in [0.4, 0.5) is 5.69 Å². The van der Waals surface area contributed by atoms with Gasteiger partial charge in [0.15, 0.2) is 6.10 Å². The molecule has 1 amide bonds. The first kappa shape index (κ1) is 23.3. The van der Waals surface area contributed by atoms with Crippen molar-refractivity contribution in [2.45, 2.75) is 31.8 Å². The number of amides is 1. The van der Waals surface area contributed by atoms with Gasteiger partial charge in [-0.25, -0.2) is 22.5 Å². The van der Waals surface area contributed by atoms with Crippen LogP contribution in [0.15, 0.2) is 41.4 Å². The van der Waals surface area contributed by atoms with E-state index in [0.29, 0.717) is 17.9 Å². The standard InChI is InChI=1S/C20H25N3O6S/c1-6-28-19-16(8-7-11-21-19)20(25)29-14(3)18(24)22-17-12-15(10-9-13(17)2)30(26,27)23(4)5/h7-12,14H,6H2,1-5H3,(H,22,24). The van der Waals surface area contributed by atoms with Gasteiger partial charge in [0.2, 0.25) is 15.9 Å². The van der Waals surface area contributed by atoms with Gasteiger partial charge in [-0.1, -0.05) is 6.07 Å². The van der Waals surface area contributed by atoms with E-state index in [1.165, 1.54) is 45.4 Å². The minimum absolute atomic E-state index is 0.0368. The number of anilines is 1. The Kier molecular flexibility index (Phi) is 7.52. The van der Waals surface area contributed by atoms with E-state index in [1.807, 2.05) is 0 Å². The molecule has 30 heavy (non-hydrogen) atoms. The zero-order chi connectivity index (χ0) is 22.5. The molecule has 1 N–H and O–H groups in total. The van der Waals surface area contributed by atoms with Gasteiger partial charge in [0, 0.05) is 26.0 Å². The van der Waals surface area contributed by atoms with Crippen LogP contribution in [0.1, 0.15) is 29.8 Å². The number of esters is 1. The van der Waals surface area contributed by atoms with Crippen molar-refractivity contribution in [2.75, 3.05) is 26.0 Å². The second-order valence-electron chi connectivity index (χ2n) is 6.59. The molecule has 9 nitrogen and oxygen atoms in total. The van der Waals surface area contributed by atoms with Crippen LogP contribution in [0.25, 0.3) is 0 Å².